The van der Waals surface area contributed by atoms with Crippen molar-refractivity contribution < 1.29 is 50.6 Å². The van der Waals surface area contributed by atoms with Gasteiger partial charge in [0.05, 0.1) is 11.6 Å². The van der Waals surface area contributed by atoms with Crippen LogP contribution in [0.1, 0.15) is 77.5 Å². The van der Waals surface area contributed by atoms with Gasteiger partial charge >= 0.3 is 18.3 Å². The van der Waals surface area contributed by atoms with Gasteiger partial charge in [0.25, 0.3) is 11.8 Å². The first-order valence-electron chi connectivity index (χ1n) is 15.5. The van der Waals surface area contributed by atoms with Crippen molar-refractivity contribution in [3.8, 4) is 5.75 Å². The largest absolute Gasteiger partial charge is 0.481 e. The number of benzene rings is 1. The molecule has 2 amide bonds. The minimum absolute atomic E-state index is 0.0176. The van der Waals surface area contributed by atoms with Crippen molar-refractivity contribution in [2.75, 3.05) is 6.54 Å². The summed E-state index contributed by atoms with van der Waals surface area (Å²) in [4.78, 5) is 46.1. The summed E-state index contributed by atoms with van der Waals surface area (Å²) in [6.45, 7) is 1.64. The van der Waals surface area contributed by atoms with E-state index in [1.807, 2.05) is 0 Å². The number of aliphatic carboxylic acids is 1. The maximum atomic E-state index is 15.1. The second-order valence-corrected chi connectivity index (χ2v) is 13.4. The summed E-state index contributed by atoms with van der Waals surface area (Å²) in [6.07, 6.45) is -8.33. The van der Waals surface area contributed by atoms with Gasteiger partial charge in [-0.2, -0.15) is 26.3 Å². The number of amides is 2. The van der Waals surface area contributed by atoms with E-state index in [-0.39, 0.29) is 57.4 Å². The molecule has 0 aliphatic carbocycles. The average Bonchev–Trinajstić information content (AvgIpc) is 3.52. The molecule has 0 spiro atoms. The van der Waals surface area contributed by atoms with Crippen LogP contribution in [0.2, 0.25) is 5.02 Å². The first-order valence-corrected chi connectivity index (χ1v) is 16.8. The molecule has 0 unspecified atom stereocenters. The molecule has 1 N–H and O–H groups in total. The van der Waals surface area contributed by atoms with Gasteiger partial charge in [-0.05, 0) is 61.1 Å². The van der Waals surface area contributed by atoms with Crippen LogP contribution in [0.3, 0.4) is 0 Å². The Labute approximate surface area is 286 Å². The molecule has 3 atom stereocenters. The van der Waals surface area contributed by atoms with Gasteiger partial charge in [-0.15, -0.1) is 11.3 Å². The summed E-state index contributed by atoms with van der Waals surface area (Å²) >= 11 is 6.57. The van der Waals surface area contributed by atoms with Gasteiger partial charge in [-0.1, -0.05) is 31.0 Å². The number of carboxylic acids is 1. The Morgan fingerprint density at radius 2 is 1.82 bits per heavy atom. The van der Waals surface area contributed by atoms with Crippen molar-refractivity contribution in [3.05, 3.63) is 80.3 Å². The highest BCUT2D eigenvalue weighted by Crippen LogP contribution is 2.44. The Balaban J connectivity index is 1.64. The smallest absolute Gasteiger partial charge is 0.425 e. The number of halogens is 7. The Morgan fingerprint density at radius 3 is 2.47 bits per heavy atom. The number of carboxylic acid groups (broad SMARTS) is 1. The van der Waals surface area contributed by atoms with Crippen LogP contribution in [0.15, 0.2) is 48.0 Å². The first kappa shape index (κ1) is 36.4. The SMILES string of the molecule is CCC[C@H]1N(C(=O)c2ncccc2C(F)(F)F)CCC[C@]1(Oc1csc(C(F)(F)F)c1)C(=O)N1Cc2ccc(Cl)cc2C[C@H]1CCC(=O)O. The van der Waals surface area contributed by atoms with E-state index in [0.717, 1.165) is 40.2 Å². The van der Waals surface area contributed by atoms with E-state index >= 15 is 4.79 Å². The zero-order chi connectivity index (χ0) is 35.7. The number of carbonyl (C=O) groups is 3. The molecule has 0 bridgehead atoms. The van der Waals surface area contributed by atoms with E-state index in [1.165, 1.54) is 4.90 Å². The molecule has 16 heteroatoms. The van der Waals surface area contributed by atoms with Gasteiger partial charge in [0.15, 0.2) is 0 Å². The standard InChI is InChI=1S/C33H32ClF6N3O5S/c1-2-5-25-31(48-23-16-26(49-18-23)33(38,39)40,11-4-13-42(25)29(46)28-24(32(35,36)37)6-3-12-41-28)30(47)43-17-19-7-8-21(34)14-20(19)15-22(43)9-10-27(44)45/h3,6-8,12,14,16,18,22,25H,2,4-5,9-11,13,15,17H2,1H3,(H,44,45)/t22-,25-,31-/m1/s1. The van der Waals surface area contributed by atoms with Crippen LogP contribution < -0.4 is 4.74 Å². The van der Waals surface area contributed by atoms with Crippen LogP contribution in [0.5, 0.6) is 5.75 Å². The van der Waals surface area contributed by atoms with E-state index < -0.39 is 64.0 Å². The Hall–Kier alpha value is -3.85. The van der Waals surface area contributed by atoms with Crippen LogP contribution in [0.4, 0.5) is 26.3 Å². The molecule has 3 aromatic rings. The minimum atomic E-state index is -4.93. The second kappa shape index (κ2) is 14.2. The molecule has 2 aliphatic heterocycles. The molecule has 8 nitrogen and oxygen atoms in total. The summed E-state index contributed by atoms with van der Waals surface area (Å²) in [5.41, 5.74) is -2.71. The zero-order valence-electron chi connectivity index (χ0n) is 26.1. The maximum absolute atomic E-state index is 15.1. The van der Waals surface area contributed by atoms with Gasteiger partial charge in [-0.3, -0.25) is 19.4 Å². The van der Waals surface area contributed by atoms with Crippen molar-refractivity contribution in [3.63, 3.8) is 0 Å². The molecule has 49 heavy (non-hydrogen) atoms. The van der Waals surface area contributed by atoms with Crippen LogP contribution in [-0.4, -0.2) is 61.9 Å². The number of hydrogen-bond acceptors (Lipinski definition) is 6. The number of ether oxygens (including phenoxy) is 1. The van der Waals surface area contributed by atoms with Crippen LogP contribution in [0, 0.1) is 0 Å². The van der Waals surface area contributed by atoms with Crippen molar-refractivity contribution in [1.82, 2.24) is 14.8 Å². The molecule has 2 aromatic heterocycles. The zero-order valence-corrected chi connectivity index (χ0v) is 27.7. The van der Waals surface area contributed by atoms with Crippen LogP contribution >= 0.6 is 22.9 Å². The number of carbonyl (C=O) groups excluding carboxylic acids is 2. The molecule has 1 aromatic carbocycles. The monoisotopic (exact) mass is 731 g/mol. The molecule has 2 aliphatic rings. The van der Waals surface area contributed by atoms with Crippen LogP contribution in [-0.2, 0) is 34.9 Å². The summed E-state index contributed by atoms with van der Waals surface area (Å²) in [5.74, 6) is -3.21. The molecule has 264 valence electrons. The fourth-order valence-electron chi connectivity index (χ4n) is 6.72. The third-order valence-electron chi connectivity index (χ3n) is 8.87. The highest BCUT2D eigenvalue weighted by molar-refractivity contribution is 7.10. The van der Waals surface area contributed by atoms with Crippen molar-refractivity contribution >= 4 is 40.7 Å². The molecular weight excluding hydrogens is 700 g/mol. The maximum Gasteiger partial charge on any atom is 0.425 e. The summed E-state index contributed by atoms with van der Waals surface area (Å²) < 4.78 is 89.3. The third kappa shape index (κ3) is 7.67. The van der Waals surface area contributed by atoms with E-state index in [2.05, 4.69) is 4.98 Å². The molecule has 0 saturated carbocycles. The number of rotatable bonds is 9. The summed E-state index contributed by atoms with van der Waals surface area (Å²) in [6, 6.07) is 5.65. The number of thiophene rings is 1. The number of hydrogen-bond donors (Lipinski definition) is 1. The number of aromatic nitrogens is 1. The molecule has 4 heterocycles. The van der Waals surface area contributed by atoms with Gasteiger partial charge < -0.3 is 19.6 Å². The number of alkyl halides is 6. The first-order chi connectivity index (χ1) is 23.0. The molecular formula is C33H32ClF6N3O5S. The van der Waals surface area contributed by atoms with Gasteiger partial charge in [-0.25, -0.2) is 0 Å². The normalized spacial score (nSPS) is 21.3. The molecule has 1 fully saturated rings. The number of likely N-dealkylation sites (tertiary alicyclic amines) is 1. The van der Waals surface area contributed by atoms with Gasteiger partial charge in [0.1, 0.15) is 16.3 Å². The minimum Gasteiger partial charge on any atom is -0.481 e. The van der Waals surface area contributed by atoms with Crippen molar-refractivity contribution in [2.45, 2.75) is 88.5 Å². The summed E-state index contributed by atoms with van der Waals surface area (Å²) in [7, 11) is 0. The highest BCUT2D eigenvalue weighted by Gasteiger charge is 2.57. The van der Waals surface area contributed by atoms with Gasteiger partial charge in [0.2, 0.25) is 5.60 Å². The lowest BCUT2D eigenvalue weighted by molar-refractivity contribution is -0.163. The van der Waals surface area contributed by atoms with Gasteiger partial charge in [0, 0.05) is 54.6 Å². The summed E-state index contributed by atoms with van der Waals surface area (Å²) in [5, 5.41) is 11.0. The second-order valence-electron chi connectivity index (χ2n) is 12.1. The number of pyridine rings is 1. The quantitative estimate of drug-likeness (QED) is 0.225. The van der Waals surface area contributed by atoms with Crippen molar-refractivity contribution in [2.24, 2.45) is 0 Å². The molecule has 5 rings (SSSR count). The Morgan fingerprint density at radius 1 is 1.06 bits per heavy atom. The Kier molecular flexibility index (Phi) is 10.5. The number of nitrogens with zero attached hydrogens (tertiary/aromatic N) is 3. The fourth-order valence-corrected chi connectivity index (χ4v) is 7.59. The fraction of sp³-hybridized carbons (Fsp3) is 0.455. The van der Waals surface area contributed by atoms with Crippen LogP contribution in [0.25, 0.3) is 0 Å². The lowest BCUT2D eigenvalue weighted by Crippen LogP contribution is -2.69. The lowest BCUT2D eigenvalue weighted by Gasteiger charge is -2.51. The number of fused-ring (bicyclic) bond motifs is 1. The lowest BCUT2D eigenvalue weighted by atomic mass is 9.78. The topological polar surface area (TPSA) is 100 Å². The predicted molar refractivity (Wildman–Crippen MR) is 167 cm³/mol. The van der Waals surface area contributed by atoms with E-state index in [1.54, 1.807) is 25.1 Å². The molecule has 1 saturated heterocycles. The highest BCUT2D eigenvalue weighted by atomic mass is 35.5. The average molecular weight is 732 g/mol. The van der Waals surface area contributed by atoms with E-state index in [0.29, 0.717) is 28.3 Å². The predicted octanol–water partition coefficient (Wildman–Crippen LogP) is 7.87. The Bertz CT molecular complexity index is 1720. The third-order valence-corrected chi connectivity index (χ3v) is 10.1. The molecule has 0 radical (unpaired) electrons. The van der Waals surface area contributed by atoms with Crippen molar-refractivity contribution in [1.29, 1.82) is 0 Å². The van der Waals surface area contributed by atoms with E-state index in [4.69, 9.17) is 16.3 Å². The number of piperidine rings is 1. The van der Waals surface area contributed by atoms with E-state index in [9.17, 15) is 41.0 Å².